The summed E-state index contributed by atoms with van der Waals surface area (Å²) in [7, 11) is -15.1. The van der Waals surface area contributed by atoms with E-state index < -0.39 is 40.1 Å². The smallest absolute Gasteiger partial charge is 0.268 e. The lowest BCUT2D eigenvalue weighted by Crippen LogP contribution is -2.12. The maximum Gasteiger partial charge on any atom is 0.268 e. The number of aryl methyl sites for hydroxylation is 8. The Morgan fingerprint density at radius 3 is 1.13 bits per heavy atom. The molecule has 0 amide bonds. The third kappa shape index (κ3) is 13.4. The van der Waals surface area contributed by atoms with Crippen LogP contribution in [0.2, 0.25) is 20.1 Å². The second-order valence-electron chi connectivity index (χ2n) is 22.1. The molecule has 0 unspecified atom stereocenters. The van der Waals surface area contributed by atoms with Gasteiger partial charge in [0, 0.05) is 88.7 Å². The molecule has 24 heteroatoms. The molecule has 12 aromatic rings. The van der Waals surface area contributed by atoms with Crippen molar-refractivity contribution in [2.75, 3.05) is 0 Å². The van der Waals surface area contributed by atoms with Gasteiger partial charge in [0.15, 0.2) is 0 Å². The van der Waals surface area contributed by atoms with Gasteiger partial charge in [-0.05, 0) is 191 Å². The van der Waals surface area contributed by atoms with E-state index in [1.165, 1.54) is 64.9 Å². The third-order valence-corrected chi connectivity index (χ3v) is 24.0. The molecule has 0 spiro atoms. The van der Waals surface area contributed by atoms with Gasteiger partial charge in [-0.1, -0.05) is 100 Å². The van der Waals surface area contributed by atoms with Crippen molar-refractivity contribution in [1.29, 1.82) is 0 Å². The van der Waals surface area contributed by atoms with E-state index >= 15 is 0 Å². The van der Waals surface area contributed by atoms with E-state index in [0.717, 1.165) is 43.8 Å². The predicted octanol–water partition coefficient (Wildman–Crippen LogP) is 14.6. The molecule has 92 heavy (non-hydrogen) atoms. The van der Waals surface area contributed by atoms with Gasteiger partial charge in [-0.25, -0.2) is 49.6 Å². The van der Waals surface area contributed by atoms with Gasteiger partial charge in [0.1, 0.15) is 0 Å². The van der Waals surface area contributed by atoms with Gasteiger partial charge < -0.3 is 20.4 Å². The summed E-state index contributed by atoms with van der Waals surface area (Å²) in [4.78, 5) is 0.676. The fraction of sp³-hybridized carbons (Fsp3) is 0.176. The predicted molar refractivity (Wildman–Crippen MR) is 365 cm³/mol. The first kappa shape index (κ1) is 69.1. The van der Waals surface area contributed by atoms with E-state index in [0.29, 0.717) is 86.7 Å². The highest BCUT2D eigenvalue weighted by Crippen LogP contribution is 2.34. The molecule has 4 heterocycles. The van der Waals surface area contributed by atoms with Crippen LogP contribution in [0, 0.1) is 55.4 Å². The summed E-state index contributed by atoms with van der Waals surface area (Å²) in [5.41, 5.74) is 11.1. The van der Waals surface area contributed by atoms with Gasteiger partial charge in [-0.3, -0.25) is 0 Å². The number of rotatable bonds is 12. The highest BCUT2D eigenvalue weighted by molar-refractivity contribution is 7.91. The summed E-state index contributed by atoms with van der Waals surface area (Å²) >= 11 is 23.9. The number of aliphatic hydroxyl groups is 4. The summed E-state index contributed by atoms with van der Waals surface area (Å²) in [6.07, 6.45) is 5.92. The molecule has 4 aromatic heterocycles. The maximum atomic E-state index is 13.0. The van der Waals surface area contributed by atoms with Gasteiger partial charge in [-0.15, -0.1) is 0 Å². The standard InChI is InChI=1S/4C17H16ClNO3S/c1-11-3-6-17-15(7-11)13(10-20)9-19(17)23(21,22)14-4-5-16(18)12(2)8-14;1-11-3-5-15-13(10-20)9-19(17(15)7-11)23(21,22)14-4-6-16(18)12(2)8-14;1-11-4-3-5-16-17(11)13(10-20)9-19(16)23(21,22)14-6-7-15(18)12(2)8-14;1-11-4-3-5-15-13(10-20)9-19(17(11)15)23(21,22)14-6-7-16(18)12(2)8-14/h4*3-9,20H,10H2,1-2H3. The molecule has 0 atom stereocenters. The van der Waals surface area contributed by atoms with E-state index in [1.54, 1.807) is 100 Å². The third-order valence-electron chi connectivity index (χ3n) is 15.6. The van der Waals surface area contributed by atoms with E-state index in [9.17, 15) is 54.1 Å². The lowest BCUT2D eigenvalue weighted by atomic mass is 10.1. The molecule has 0 aliphatic heterocycles. The van der Waals surface area contributed by atoms with Crippen LogP contribution in [0.5, 0.6) is 0 Å². The Morgan fingerprint density at radius 1 is 0.315 bits per heavy atom. The molecule has 0 aliphatic rings. The van der Waals surface area contributed by atoms with Crippen molar-refractivity contribution in [3.05, 3.63) is 257 Å². The molecule has 0 radical (unpaired) electrons. The van der Waals surface area contributed by atoms with Crippen LogP contribution in [0.15, 0.2) is 190 Å². The van der Waals surface area contributed by atoms with Gasteiger partial charge in [-0.2, -0.15) is 0 Å². The Labute approximate surface area is 554 Å². The molecule has 0 fully saturated rings. The summed E-state index contributed by atoms with van der Waals surface area (Å²) in [5.74, 6) is 0. The van der Waals surface area contributed by atoms with Crippen LogP contribution in [0.4, 0.5) is 0 Å². The van der Waals surface area contributed by atoms with Crippen molar-refractivity contribution in [3.63, 3.8) is 0 Å². The van der Waals surface area contributed by atoms with Crippen LogP contribution >= 0.6 is 46.4 Å². The van der Waals surface area contributed by atoms with Crippen LogP contribution in [0.3, 0.4) is 0 Å². The highest BCUT2D eigenvalue weighted by atomic mass is 35.5. The normalized spacial score (nSPS) is 12.0. The first-order valence-corrected chi connectivity index (χ1v) is 35.6. The van der Waals surface area contributed by atoms with E-state index in [4.69, 9.17) is 46.4 Å². The Hall–Kier alpha value is -7.28. The minimum Gasteiger partial charge on any atom is -0.392 e. The second-order valence-corrected chi connectivity index (χ2v) is 31.0. The van der Waals surface area contributed by atoms with E-state index in [-0.39, 0.29) is 46.0 Å². The van der Waals surface area contributed by atoms with Crippen LogP contribution in [-0.4, -0.2) is 70.0 Å². The summed E-state index contributed by atoms with van der Waals surface area (Å²) in [5, 5.41) is 43.2. The average molecular weight is 1400 g/mol. The molecule has 0 saturated carbocycles. The zero-order valence-corrected chi connectivity index (χ0v) is 57.3. The Morgan fingerprint density at radius 2 is 0.674 bits per heavy atom. The Bertz CT molecular complexity index is 5260. The van der Waals surface area contributed by atoms with Gasteiger partial charge in [0.2, 0.25) is 0 Å². The zero-order valence-electron chi connectivity index (χ0n) is 51.0. The van der Waals surface area contributed by atoms with Crippen LogP contribution in [0.25, 0.3) is 43.6 Å². The highest BCUT2D eigenvalue weighted by Gasteiger charge is 2.27. The number of hydrogen-bond donors (Lipinski definition) is 4. The topological polar surface area (TPSA) is 237 Å². The van der Waals surface area contributed by atoms with Crippen molar-refractivity contribution >= 4 is 130 Å². The number of hydrogen-bond acceptors (Lipinski definition) is 12. The molecular formula is C68H64Cl4N4O12S4. The fourth-order valence-electron chi connectivity index (χ4n) is 10.6. The van der Waals surface area contributed by atoms with Gasteiger partial charge in [0.05, 0.1) is 68.1 Å². The number of aliphatic hydroxyl groups excluding tert-OH is 4. The monoisotopic (exact) mass is 1400 g/mol. The number of aromatic nitrogens is 4. The lowest BCUT2D eigenvalue weighted by Gasteiger charge is -2.10. The molecular weight excluding hydrogens is 1330 g/mol. The van der Waals surface area contributed by atoms with Crippen LogP contribution < -0.4 is 0 Å². The summed E-state index contributed by atoms with van der Waals surface area (Å²) < 4.78 is 109. The van der Waals surface area contributed by atoms with Crippen molar-refractivity contribution < 1.29 is 54.1 Å². The van der Waals surface area contributed by atoms with Crippen molar-refractivity contribution in [1.82, 2.24) is 15.9 Å². The van der Waals surface area contributed by atoms with Gasteiger partial charge in [0.25, 0.3) is 40.1 Å². The molecule has 0 saturated heterocycles. The lowest BCUT2D eigenvalue weighted by molar-refractivity contribution is 0.283. The van der Waals surface area contributed by atoms with Crippen molar-refractivity contribution in [2.24, 2.45) is 0 Å². The average Bonchev–Trinajstić information content (AvgIpc) is 1.50. The quantitative estimate of drug-likeness (QED) is 0.0894. The van der Waals surface area contributed by atoms with Crippen LogP contribution in [0.1, 0.15) is 66.8 Å². The molecule has 12 rings (SSSR count). The zero-order chi connectivity index (χ0) is 67.1. The molecule has 16 nitrogen and oxygen atoms in total. The molecule has 8 aromatic carbocycles. The number of nitrogens with zero attached hydrogens (tertiary/aromatic N) is 4. The first-order chi connectivity index (χ1) is 43.4. The summed E-state index contributed by atoms with van der Waals surface area (Å²) in [6, 6.07) is 40.4. The molecule has 0 bridgehead atoms. The fourth-order valence-corrected chi connectivity index (χ4v) is 17.0. The molecule has 4 N–H and O–H groups in total. The number of halogens is 4. The van der Waals surface area contributed by atoms with E-state index in [1.807, 2.05) is 76.2 Å². The number of para-hydroxylation sites is 1. The maximum absolute atomic E-state index is 13.0. The largest absolute Gasteiger partial charge is 0.392 e. The minimum absolute atomic E-state index is 0.168. The Kier molecular flexibility index (Phi) is 20.5. The second kappa shape index (κ2) is 27.4. The number of fused-ring (bicyclic) bond motifs is 4. The first-order valence-electron chi connectivity index (χ1n) is 28.3. The van der Waals surface area contributed by atoms with E-state index in [2.05, 4.69) is 0 Å². The van der Waals surface area contributed by atoms with Gasteiger partial charge >= 0.3 is 0 Å². The Balaban J connectivity index is 0.000000145. The molecule has 480 valence electrons. The van der Waals surface area contributed by atoms with Crippen LogP contribution in [-0.2, 0) is 66.5 Å². The van der Waals surface area contributed by atoms with Crippen molar-refractivity contribution in [3.8, 4) is 0 Å². The number of benzene rings is 8. The van der Waals surface area contributed by atoms with Crippen molar-refractivity contribution in [2.45, 2.75) is 101 Å². The molecule has 0 aliphatic carbocycles. The summed E-state index contributed by atoms with van der Waals surface area (Å²) in [6.45, 7) is 13.7. The SMILES string of the molecule is Cc1cc(S(=O)(=O)n2cc(CO)c3c(C)cccc32)ccc1Cl.Cc1cc(S(=O)(=O)n2cc(CO)c3cccc(C)c32)ccc1Cl.Cc1ccc2c(CO)cn(S(=O)(=O)c3ccc(Cl)c(C)c3)c2c1.Cc1ccc2c(c1)c(CO)cn2S(=O)(=O)c1ccc(Cl)c(C)c1. The minimum atomic E-state index is -3.77.